The van der Waals surface area contributed by atoms with Gasteiger partial charge in [0.2, 0.25) is 20.0 Å². The van der Waals surface area contributed by atoms with E-state index in [0.29, 0.717) is 30.8 Å². The first-order valence-corrected chi connectivity index (χ1v) is 9.77. The average molecular weight is 328 g/mol. The first-order valence-electron chi connectivity index (χ1n) is 6.27. The molecule has 0 amide bonds. The molecule has 114 valence electrons. The van der Waals surface area contributed by atoms with E-state index in [1.165, 1.54) is 10.4 Å². The predicted octanol–water partition coefficient (Wildman–Crippen LogP) is 0.774. The molecule has 0 aromatic heterocycles. The van der Waals surface area contributed by atoms with Crippen LogP contribution in [0, 0.1) is 12.3 Å². The summed E-state index contributed by atoms with van der Waals surface area (Å²) in [7, 11) is -6.90. The van der Waals surface area contributed by atoms with E-state index >= 15 is 0 Å². The molecule has 0 saturated heterocycles. The summed E-state index contributed by atoms with van der Waals surface area (Å²) in [6.45, 7) is 0.438. The molecule has 0 bridgehead atoms. The lowest BCUT2D eigenvalue weighted by atomic mass is 10.0. The zero-order valence-electron chi connectivity index (χ0n) is 11.5. The third kappa shape index (κ3) is 3.68. The molecule has 8 heteroatoms. The Balaban J connectivity index is 2.35. The monoisotopic (exact) mass is 328 g/mol. The lowest BCUT2D eigenvalue weighted by molar-refractivity contribution is 0.592. The Labute approximate surface area is 125 Å². The molecule has 0 saturated carbocycles. The number of terminal acetylenes is 1. The summed E-state index contributed by atoms with van der Waals surface area (Å²) in [5.74, 6) is 1.68. The van der Waals surface area contributed by atoms with Crippen LogP contribution in [0.15, 0.2) is 18.2 Å². The van der Waals surface area contributed by atoms with Gasteiger partial charge in [-0.25, -0.2) is 16.8 Å². The van der Waals surface area contributed by atoms with E-state index in [2.05, 4.69) is 10.6 Å². The molecule has 0 aliphatic carbocycles. The third-order valence-electron chi connectivity index (χ3n) is 3.10. The van der Waals surface area contributed by atoms with E-state index in [9.17, 15) is 16.8 Å². The number of anilines is 2. The number of fused-ring (bicyclic) bond motifs is 1. The van der Waals surface area contributed by atoms with Crippen LogP contribution in [0.4, 0.5) is 11.4 Å². The second-order valence-corrected chi connectivity index (χ2v) is 8.48. The standard InChI is InChI=1S/C13H16N2O4S2/c1-3-9-21(18,19)14-12-6-7-13-11(10-12)5-4-8-15(13)20(2,16)17/h1,6-7,10,14H,4-5,8-9H2,2H3. The van der Waals surface area contributed by atoms with Gasteiger partial charge in [0.25, 0.3) is 0 Å². The van der Waals surface area contributed by atoms with E-state index in [1.54, 1.807) is 12.1 Å². The molecule has 6 nitrogen and oxygen atoms in total. The second-order valence-electron chi connectivity index (χ2n) is 4.85. The van der Waals surface area contributed by atoms with Crippen molar-refractivity contribution in [1.82, 2.24) is 0 Å². The van der Waals surface area contributed by atoms with Gasteiger partial charge in [-0.05, 0) is 36.6 Å². The highest BCUT2D eigenvalue weighted by atomic mass is 32.2. The topological polar surface area (TPSA) is 83.6 Å². The van der Waals surface area contributed by atoms with Crippen molar-refractivity contribution >= 4 is 31.4 Å². The molecule has 1 aromatic carbocycles. The fourth-order valence-corrected chi connectivity index (χ4v) is 4.07. The Kier molecular flexibility index (Phi) is 4.16. The van der Waals surface area contributed by atoms with E-state index in [0.717, 1.165) is 11.8 Å². The van der Waals surface area contributed by atoms with Crippen LogP contribution >= 0.6 is 0 Å². The van der Waals surface area contributed by atoms with Crippen molar-refractivity contribution in [3.05, 3.63) is 23.8 Å². The van der Waals surface area contributed by atoms with Crippen molar-refractivity contribution in [3.63, 3.8) is 0 Å². The summed E-state index contributed by atoms with van der Waals surface area (Å²) in [5.41, 5.74) is 1.79. The van der Waals surface area contributed by atoms with Crippen LogP contribution in [0.3, 0.4) is 0 Å². The molecule has 0 unspecified atom stereocenters. The van der Waals surface area contributed by atoms with Gasteiger partial charge in [0.15, 0.2) is 0 Å². The Bertz CT molecular complexity index is 792. The molecular weight excluding hydrogens is 312 g/mol. The molecule has 0 fully saturated rings. The van der Waals surface area contributed by atoms with Gasteiger partial charge < -0.3 is 0 Å². The molecule has 2 rings (SSSR count). The number of hydrogen-bond donors (Lipinski definition) is 1. The van der Waals surface area contributed by atoms with E-state index < -0.39 is 25.8 Å². The Morgan fingerprint density at radius 1 is 1.33 bits per heavy atom. The molecule has 0 atom stereocenters. The SMILES string of the molecule is C#CCS(=O)(=O)Nc1ccc2c(c1)CCCN2S(C)(=O)=O. The van der Waals surface area contributed by atoms with Crippen molar-refractivity contribution in [3.8, 4) is 12.3 Å². The zero-order chi connectivity index (χ0) is 15.7. The lowest BCUT2D eigenvalue weighted by Crippen LogP contribution is -2.34. The molecule has 21 heavy (non-hydrogen) atoms. The van der Waals surface area contributed by atoms with Gasteiger partial charge >= 0.3 is 0 Å². The maximum absolute atomic E-state index is 11.7. The average Bonchev–Trinajstić information content (AvgIpc) is 2.36. The van der Waals surface area contributed by atoms with Crippen LogP contribution in [-0.2, 0) is 26.5 Å². The maximum atomic E-state index is 11.7. The van der Waals surface area contributed by atoms with Crippen molar-refractivity contribution in [2.45, 2.75) is 12.8 Å². The number of nitrogens with one attached hydrogen (secondary N) is 1. The summed E-state index contributed by atoms with van der Waals surface area (Å²) in [4.78, 5) is 0. The predicted molar refractivity (Wildman–Crippen MR) is 83.2 cm³/mol. The quantitative estimate of drug-likeness (QED) is 0.828. The second kappa shape index (κ2) is 5.58. The van der Waals surface area contributed by atoms with Crippen LogP contribution in [0.1, 0.15) is 12.0 Å². The van der Waals surface area contributed by atoms with Crippen molar-refractivity contribution in [2.24, 2.45) is 0 Å². The van der Waals surface area contributed by atoms with Crippen molar-refractivity contribution in [1.29, 1.82) is 0 Å². The van der Waals surface area contributed by atoms with Gasteiger partial charge in [0, 0.05) is 12.2 Å². The van der Waals surface area contributed by atoms with Crippen molar-refractivity contribution in [2.75, 3.05) is 27.6 Å². The van der Waals surface area contributed by atoms with Gasteiger partial charge in [-0.1, -0.05) is 5.92 Å². The van der Waals surface area contributed by atoms with Gasteiger partial charge in [-0.3, -0.25) is 9.03 Å². The molecule has 1 N–H and O–H groups in total. The van der Waals surface area contributed by atoms with Crippen LogP contribution < -0.4 is 9.03 Å². The highest BCUT2D eigenvalue weighted by molar-refractivity contribution is 7.93. The zero-order valence-corrected chi connectivity index (χ0v) is 13.2. The molecule has 1 heterocycles. The smallest absolute Gasteiger partial charge is 0.244 e. The van der Waals surface area contributed by atoms with E-state index in [-0.39, 0.29) is 0 Å². The molecule has 0 spiro atoms. The Hall–Kier alpha value is -1.72. The fraction of sp³-hybridized carbons (Fsp3) is 0.385. The van der Waals surface area contributed by atoms with Crippen LogP contribution in [-0.4, -0.2) is 35.4 Å². The van der Waals surface area contributed by atoms with Crippen LogP contribution in [0.25, 0.3) is 0 Å². The number of hydrogen-bond acceptors (Lipinski definition) is 4. The number of nitrogens with zero attached hydrogens (tertiary/aromatic N) is 1. The Morgan fingerprint density at radius 2 is 2.05 bits per heavy atom. The minimum atomic E-state index is -3.57. The molecule has 0 radical (unpaired) electrons. The largest absolute Gasteiger partial charge is 0.283 e. The minimum absolute atomic E-state index is 0.388. The normalized spacial score (nSPS) is 15.1. The summed E-state index contributed by atoms with van der Waals surface area (Å²) >= 11 is 0. The van der Waals surface area contributed by atoms with Gasteiger partial charge in [-0.15, -0.1) is 6.42 Å². The molecule has 1 aromatic rings. The summed E-state index contributed by atoms with van der Waals surface area (Å²) in [6, 6.07) is 4.81. The van der Waals surface area contributed by atoms with Crippen LogP contribution in [0.5, 0.6) is 0 Å². The summed E-state index contributed by atoms with van der Waals surface area (Å²) in [5, 5.41) is 0. The van der Waals surface area contributed by atoms with Gasteiger partial charge in [-0.2, -0.15) is 0 Å². The van der Waals surface area contributed by atoms with Gasteiger partial charge in [0.1, 0.15) is 5.75 Å². The molecular formula is C13H16N2O4S2. The third-order valence-corrected chi connectivity index (χ3v) is 5.38. The fourth-order valence-electron chi connectivity index (χ4n) is 2.30. The first kappa shape index (κ1) is 15.7. The minimum Gasteiger partial charge on any atom is -0.283 e. The number of aryl methyl sites for hydroxylation is 1. The van der Waals surface area contributed by atoms with Crippen LogP contribution in [0.2, 0.25) is 0 Å². The summed E-state index contributed by atoms with van der Waals surface area (Å²) < 4.78 is 50.5. The highest BCUT2D eigenvalue weighted by Gasteiger charge is 2.24. The Morgan fingerprint density at radius 3 is 2.67 bits per heavy atom. The first-order chi connectivity index (χ1) is 9.73. The van der Waals surface area contributed by atoms with E-state index in [4.69, 9.17) is 6.42 Å². The summed E-state index contributed by atoms with van der Waals surface area (Å²) in [6.07, 6.45) is 7.56. The van der Waals surface area contributed by atoms with E-state index in [1.807, 2.05) is 0 Å². The molecule has 1 aliphatic rings. The number of sulfonamides is 2. The number of benzene rings is 1. The van der Waals surface area contributed by atoms with Crippen molar-refractivity contribution < 1.29 is 16.8 Å². The lowest BCUT2D eigenvalue weighted by Gasteiger charge is -2.29. The van der Waals surface area contributed by atoms with Gasteiger partial charge in [0.05, 0.1) is 11.9 Å². The molecule has 1 aliphatic heterocycles. The highest BCUT2D eigenvalue weighted by Crippen LogP contribution is 2.31. The maximum Gasteiger partial charge on any atom is 0.244 e. The number of rotatable bonds is 4.